The number of hydrogen-bond donors (Lipinski definition) is 6. The second kappa shape index (κ2) is 9.15. The quantitative estimate of drug-likeness (QED) is 0.263. The van der Waals surface area contributed by atoms with Gasteiger partial charge in [-0.15, -0.1) is 0 Å². The number of carbonyl (C=O) groups is 4. The van der Waals surface area contributed by atoms with Crippen molar-refractivity contribution in [2.24, 2.45) is 5.73 Å². The van der Waals surface area contributed by atoms with Gasteiger partial charge in [0.15, 0.2) is 0 Å². The summed E-state index contributed by atoms with van der Waals surface area (Å²) in [5, 5.41) is 21.6. The van der Waals surface area contributed by atoms with Gasteiger partial charge >= 0.3 is 11.9 Å². The first-order chi connectivity index (χ1) is 9.27. The van der Waals surface area contributed by atoms with Crippen LogP contribution in [0.15, 0.2) is 0 Å². The highest BCUT2D eigenvalue weighted by Crippen LogP contribution is 1.97. The highest BCUT2D eigenvalue weighted by Gasteiger charge is 2.21. The summed E-state index contributed by atoms with van der Waals surface area (Å²) in [6.45, 7) is -0.447. The van der Waals surface area contributed by atoms with Gasteiger partial charge in [-0.3, -0.25) is 14.4 Å². The van der Waals surface area contributed by atoms with E-state index in [1.54, 1.807) is 0 Å². The molecule has 0 spiro atoms. The number of carboxylic acid groups (broad SMARTS) is 2. The van der Waals surface area contributed by atoms with Crippen LogP contribution in [0.1, 0.15) is 12.8 Å². The van der Waals surface area contributed by atoms with Gasteiger partial charge in [-0.2, -0.15) is 12.6 Å². The van der Waals surface area contributed by atoms with E-state index in [1.807, 2.05) is 0 Å². The van der Waals surface area contributed by atoms with Crippen molar-refractivity contribution in [2.45, 2.75) is 24.9 Å². The zero-order valence-electron chi connectivity index (χ0n) is 10.5. The average molecular weight is 307 g/mol. The molecule has 0 aromatic rings. The normalized spacial score (nSPS) is 13.1. The van der Waals surface area contributed by atoms with E-state index in [-0.39, 0.29) is 12.2 Å². The van der Waals surface area contributed by atoms with Crippen LogP contribution >= 0.6 is 12.6 Å². The Hall–Kier alpha value is -1.81. The molecule has 0 unspecified atom stereocenters. The molecular formula is C10H17N3O6S. The van der Waals surface area contributed by atoms with Crippen molar-refractivity contribution in [1.82, 2.24) is 10.6 Å². The summed E-state index contributed by atoms with van der Waals surface area (Å²) in [5.74, 6) is -3.75. The van der Waals surface area contributed by atoms with Gasteiger partial charge < -0.3 is 26.6 Å². The molecule has 20 heavy (non-hydrogen) atoms. The third-order valence-corrected chi connectivity index (χ3v) is 2.63. The summed E-state index contributed by atoms with van der Waals surface area (Å²) in [4.78, 5) is 43.8. The Balaban J connectivity index is 4.23. The molecular weight excluding hydrogens is 290 g/mol. The topological polar surface area (TPSA) is 159 Å². The maximum absolute atomic E-state index is 11.4. The van der Waals surface area contributed by atoms with Crippen LogP contribution in [0.5, 0.6) is 0 Å². The Labute approximate surface area is 120 Å². The van der Waals surface area contributed by atoms with E-state index in [9.17, 15) is 19.2 Å². The summed E-state index contributed by atoms with van der Waals surface area (Å²) < 4.78 is 0. The SMILES string of the molecule is N[C@@H](CS)C(=O)NCC(=O)N[C@@H](CCC(=O)O)C(=O)O. The van der Waals surface area contributed by atoms with Gasteiger partial charge in [0.25, 0.3) is 0 Å². The van der Waals surface area contributed by atoms with Crippen molar-refractivity contribution in [3.8, 4) is 0 Å². The van der Waals surface area contributed by atoms with Crippen LogP contribution in [-0.2, 0) is 19.2 Å². The van der Waals surface area contributed by atoms with E-state index in [2.05, 4.69) is 23.3 Å². The molecule has 0 aliphatic rings. The molecule has 6 N–H and O–H groups in total. The lowest BCUT2D eigenvalue weighted by atomic mass is 10.1. The predicted octanol–water partition coefficient (Wildman–Crippen LogP) is -2.21. The molecule has 114 valence electrons. The fourth-order valence-electron chi connectivity index (χ4n) is 1.15. The van der Waals surface area contributed by atoms with Crippen molar-refractivity contribution in [2.75, 3.05) is 12.3 Å². The standard InChI is InChI=1S/C10H17N3O6S/c11-5(4-20)9(17)12-3-7(14)13-6(10(18)19)1-2-8(15)16/h5-6,20H,1-4,11H2,(H,12,17)(H,13,14)(H,15,16)(H,18,19)/t5-,6-/m0/s1. The van der Waals surface area contributed by atoms with Gasteiger partial charge in [0.1, 0.15) is 6.04 Å². The fraction of sp³-hybridized carbons (Fsp3) is 0.600. The van der Waals surface area contributed by atoms with Crippen molar-refractivity contribution in [3.05, 3.63) is 0 Å². The minimum Gasteiger partial charge on any atom is -0.481 e. The minimum atomic E-state index is -1.35. The maximum Gasteiger partial charge on any atom is 0.326 e. The van der Waals surface area contributed by atoms with E-state index in [0.29, 0.717) is 0 Å². The molecule has 2 amide bonds. The smallest absolute Gasteiger partial charge is 0.326 e. The molecule has 9 nitrogen and oxygen atoms in total. The van der Waals surface area contributed by atoms with Crippen LogP contribution in [-0.4, -0.2) is 58.3 Å². The van der Waals surface area contributed by atoms with E-state index in [1.165, 1.54) is 0 Å². The zero-order valence-corrected chi connectivity index (χ0v) is 11.4. The van der Waals surface area contributed by atoms with Crippen LogP contribution in [0.3, 0.4) is 0 Å². The monoisotopic (exact) mass is 307 g/mol. The number of thiol groups is 1. The molecule has 0 heterocycles. The largest absolute Gasteiger partial charge is 0.481 e. The molecule has 0 fully saturated rings. The Morgan fingerprint density at radius 1 is 1.20 bits per heavy atom. The van der Waals surface area contributed by atoms with Crippen molar-refractivity contribution in [3.63, 3.8) is 0 Å². The number of nitrogens with two attached hydrogens (primary N) is 1. The van der Waals surface area contributed by atoms with Crippen LogP contribution in [0.2, 0.25) is 0 Å². The molecule has 0 aromatic carbocycles. The zero-order chi connectivity index (χ0) is 15.7. The Bertz CT molecular complexity index is 389. The lowest BCUT2D eigenvalue weighted by Gasteiger charge is -2.14. The maximum atomic E-state index is 11.4. The second-order valence-corrected chi connectivity index (χ2v) is 4.26. The van der Waals surface area contributed by atoms with E-state index < -0.39 is 48.8 Å². The Morgan fingerprint density at radius 2 is 1.80 bits per heavy atom. The molecule has 0 radical (unpaired) electrons. The summed E-state index contributed by atoms with van der Waals surface area (Å²) in [6.07, 6.45) is -0.644. The van der Waals surface area contributed by atoms with E-state index >= 15 is 0 Å². The Kier molecular flexibility index (Phi) is 8.32. The van der Waals surface area contributed by atoms with Crippen molar-refractivity contribution in [1.29, 1.82) is 0 Å². The lowest BCUT2D eigenvalue weighted by Crippen LogP contribution is -2.49. The molecule has 0 aliphatic heterocycles. The highest BCUT2D eigenvalue weighted by molar-refractivity contribution is 7.80. The highest BCUT2D eigenvalue weighted by atomic mass is 32.1. The molecule has 0 aliphatic carbocycles. The molecule has 2 atom stereocenters. The number of hydrogen-bond acceptors (Lipinski definition) is 6. The van der Waals surface area contributed by atoms with Crippen LogP contribution in [0.25, 0.3) is 0 Å². The molecule has 0 saturated carbocycles. The second-order valence-electron chi connectivity index (χ2n) is 3.90. The molecule has 0 bridgehead atoms. The fourth-order valence-corrected chi connectivity index (χ4v) is 1.32. The predicted molar refractivity (Wildman–Crippen MR) is 71.3 cm³/mol. The number of amides is 2. The van der Waals surface area contributed by atoms with Gasteiger partial charge in [0.2, 0.25) is 11.8 Å². The van der Waals surface area contributed by atoms with Crippen LogP contribution < -0.4 is 16.4 Å². The Morgan fingerprint density at radius 3 is 2.25 bits per heavy atom. The third kappa shape index (κ3) is 7.59. The van der Waals surface area contributed by atoms with Gasteiger partial charge in [0.05, 0.1) is 12.6 Å². The molecule has 10 heteroatoms. The number of aliphatic carboxylic acids is 2. The van der Waals surface area contributed by atoms with Gasteiger partial charge in [-0.05, 0) is 6.42 Å². The average Bonchev–Trinajstić information content (AvgIpc) is 2.39. The first-order valence-electron chi connectivity index (χ1n) is 5.66. The summed E-state index contributed by atoms with van der Waals surface area (Å²) in [5.41, 5.74) is 5.35. The third-order valence-electron chi connectivity index (χ3n) is 2.24. The van der Waals surface area contributed by atoms with Gasteiger partial charge in [-0.25, -0.2) is 4.79 Å². The van der Waals surface area contributed by atoms with Crippen molar-refractivity contribution >= 4 is 36.4 Å². The van der Waals surface area contributed by atoms with Crippen LogP contribution in [0.4, 0.5) is 0 Å². The van der Waals surface area contributed by atoms with Crippen LogP contribution in [0, 0.1) is 0 Å². The number of rotatable bonds is 9. The lowest BCUT2D eigenvalue weighted by molar-refractivity contribution is -0.142. The summed E-state index contributed by atoms with van der Waals surface area (Å²) in [7, 11) is 0. The van der Waals surface area contributed by atoms with E-state index in [4.69, 9.17) is 15.9 Å². The molecule has 0 rings (SSSR count). The summed E-state index contributed by atoms with van der Waals surface area (Å²) in [6, 6.07) is -2.19. The minimum absolute atomic E-state index is 0.101. The van der Waals surface area contributed by atoms with E-state index in [0.717, 1.165) is 0 Å². The van der Waals surface area contributed by atoms with Gasteiger partial charge in [-0.1, -0.05) is 0 Å². The number of carbonyl (C=O) groups excluding carboxylic acids is 2. The summed E-state index contributed by atoms with van der Waals surface area (Å²) >= 11 is 3.81. The molecule has 0 saturated heterocycles. The first kappa shape index (κ1) is 18.2. The van der Waals surface area contributed by atoms with Gasteiger partial charge in [0, 0.05) is 12.2 Å². The number of nitrogens with one attached hydrogen (secondary N) is 2. The first-order valence-corrected chi connectivity index (χ1v) is 6.29. The number of carboxylic acids is 2. The van der Waals surface area contributed by atoms with Crippen molar-refractivity contribution < 1.29 is 29.4 Å². The molecule has 0 aromatic heterocycles.